The van der Waals surface area contributed by atoms with Crippen LogP contribution >= 0.6 is 0 Å². The second-order valence-electron chi connectivity index (χ2n) is 4.91. The number of fused-ring (bicyclic) bond motifs is 1. The molecule has 0 fully saturated rings. The van der Waals surface area contributed by atoms with Crippen LogP contribution in [0.5, 0.6) is 5.75 Å². The van der Waals surface area contributed by atoms with E-state index in [1.165, 1.54) is 5.56 Å². The van der Waals surface area contributed by atoms with Crippen LogP contribution in [0.1, 0.15) is 26.3 Å². The lowest BCUT2D eigenvalue weighted by Gasteiger charge is -2.21. The van der Waals surface area contributed by atoms with E-state index in [-0.39, 0.29) is 11.2 Å². The van der Waals surface area contributed by atoms with E-state index < -0.39 is 0 Å². The van der Waals surface area contributed by atoms with Gasteiger partial charge in [-0.05, 0) is 22.4 Å². The van der Waals surface area contributed by atoms with Gasteiger partial charge in [0, 0.05) is 5.39 Å². The minimum Gasteiger partial charge on any atom is -0.289 e. The third-order valence-electron chi connectivity index (χ3n) is 2.69. The van der Waals surface area contributed by atoms with Gasteiger partial charge in [0.1, 0.15) is 0 Å². The van der Waals surface area contributed by atoms with Gasteiger partial charge < -0.3 is 0 Å². The van der Waals surface area contributed by atoms with Crippen molar-refractivity contribution in [3.05, 3.63) is 42.0 Å². The first-order valence-electron chi connectivity index (χ1n) is 5.19. The first kappa shape index (κ1) is 10.0. The van der Waals surface area contributed by atoms with Crippen molar-refractivity contribution in [3.63, 3.8) is 0 Å². The summed E-state index contributed by atoms with van der Waals surface area (Å²) in [5.74, 6) is 0.110. The molecule has 2 rings (SSSR count). The number of benzene rings is 2. The Bertz CT molecular complexity index is 492. The van der Waals surface area contributed by atoms with Crippen molar-refractivity contribution in [2.45, 2.75) is 26.2 Å². The van der Waals surface area contributed by atoms with Crippen LogP contribution < -0.4 is 0 Å². The van der Waals surface area contributed by atoms with E-state index in [2.05, 4.69) is 20.8 Å². The molecule has 77 valence electrons. The summed E-state index contributed by atoms with van der Waals surface area (Å²) in [6.07, 6.45) is 0. The summed E-state index contributed by atoms with van der Waals surface area (Å²) in [4.78, 5) is 0. The molecule has 2 aromatic carbocycles. The van der Waals surface area contributed by atoms with Crippen LogP contribution in [0.15, 0.2) is 36.4 Å². The van der Waals surface area contributed by atoms with Crippen molar-refractivity contribution in [2.24, 2.45) is 0 Å². The Kier molecular flexibility index (Phi) is 2.18. The monoisotopic (exact) mass is 199 g/mol. The Hall–Kier alpha value is -1.50. The molecule has 0 saturated carbocycles. The summed E-state index contributed by atoms with van der Waals surface area (Å²) in [7, 11) is 0. The SMILES string of the molecule is CC(C)(C)c1ccc([O])c2ccccc12. The van der Waals surface area contributed by atoms with E-state index in [4.69, 9.17) is 0 Å². The van der Waals surface area contributed by atoms with E-state index in [1.807, 2.05) is 30.3 Å². The van der Waals surface area contributed by atoms with Gasteiger partial charge >= 0.3 is 0 Å². The predicted molar refractivity (Wildman–Crippen MR) is 62.8 cm³/mol. The molecule has 1 heteroatoms. The van der Waals surface area contributed by atoms with Crippen molar-refractivity contribution >= 4 is 10.8 Å². The van der Waals surface area contributed by atoms with Crippen LogP contribution in [0.4, 0.5) is 0 Å². The van der Waals surface area contributed by atoms with E-state index in [0.29, 0.717) is 0 Å². The molecule has 0 N–H and O–H groups in total. The fourth-order valence-corrected chi connectivity index (χ4v) is 1.93. The van der Waals surface area contributed by atoms with Crippen molar-refractivity contribution < 1.29 is 5.11 Å². The zero-order valence-electron chi connectivity index (χ0n) is 9.37. The molecule has 0 aliphatic carbocycles. The molecule has 0 saturated heterocycles. The van der Waals surface area contributed by atoms with Gasteiger partial charge in [-0.2, -0.15) is 0 Å². The second kappa shape index (κ2) is 3.27. The molecule has 0 unspecified atom stereocenters. The minimum atomic E-state index is 0.0767. The molecule has 1 nitrogen and oxygen atoms in total. The van der Waals surface area contributed by atoms with Crippen LogP contribution in [0.2, 0.25) is 0 Å². The molecule has 2 aromatic rings. The van der Waals surface area contributed by atoms with Gasteiger partial charge in [0.15, 0.2) is 5.75 Å². The number of hydrogen-bond donors (Lipinski definition) is 0. The molecule has 0 atom stereocenters. The fraction of sp³-hybridized carbons (Fsp3) is 0.286. The first-order chi connectivity index (χ1) is 7.00. The van der Waals surface area contributed by atoms with Gasteiger partial charge in [-0.25, -0.2) is 0 Å². The Morgan fingerprint density at radius 3 is 2.07 bits per heavy atom. The number of hydrogen-bond acceptors (Lipinski definition) is 0. The van der Waals surface area contributed by atoms with Gasteiger partial charge in [-0.3, -0.25) is 5.11 Å². The summed E-state index contributed by atoms with van der Waals surface area (Å²) in [6.45, 7) is 6.50. The lowest BCUT2D eigenvalue weighted by Crippen LogP contribution is -2.11. The van der Waals surface area contributed by atoms with Crippen LogP contribution in [-0.2, 0) is 10.5 Å². The zero-order chi connectivity index (χ0) is 11.1. The first-order valence-corrected chi connectivity index (χ1v) is 5.19. The van der Waals surface area contributed by atoms with E-state index >= 15 is 0 Å². The molecule has 1 radical (unpaired) electrons. The average molecular weight is 199 g/mol. The van der Waals surface area contributed by atoms with Crippen LogP contribution in [0, 0.1) is 0 Å². The summed E-state index contributed by atoms with van der Waals surface area (Å²) in [6, 6.07) is 11.4. The predicted octanol–water partition coefficient (Wildman–Crippen LogP) is 4.28. The van der Waals surface area contributed by atoms with Gasteiger partial charge in [0.25, 0.3) is 0 Å². The lowest BCUT2D eigenvalue weighted by atomic mass is 9.83. The molecular weight excluding hydrogens is 184 g/mol. The molecule has 0 aliphatic heterocycles. The molecule has 0 amide bonds. The Balaban J connectivity index is 2.84. The molecule has 0 aliphatic rings. The molecule has 0 bridgehead atoms. The van der Waals surface area contributed by atoms with Gasteiger partial charge in [0.05, 0.1) is 0 Å². The summed E-state index contributed by atoms with van der Waals surface area (Å²) >= 11 is 0. The maximum absolute atomic E-state index is 11.7. The molecule has 0 heterocycles. The van der Waals surface area contributed by atoms with Crippen LogP contribution in [-0.4, -0.2) is 0 Å². The normalized spacial score (nSPS) is 11.9. The van der Waals surface area contributed by atoms with E-state index in [9.17, 15) is 5.11 Å². The third kappa shape index (κ3) is 1.70. The van der Waals surface area contributed by atoms with Crippen molar-refractivity contribution in [2.75, 3.05) is 0 Å². The van der Waals surface area contributed by atoms with E-state index in [0.717, 1.165) is 10.8 Å². The lowest BCUT2D eigenvalue weighted by molar-refractivity contribution is 0.360. The smallest absolute Gasteiger partial charge is 0.186 e. The maximum atomic E-state index is 11.7. The van der Waals surface area contributed by atoms with Gasteiger partial charge in [-0.1, -0.05) is 51.1 Å². The quantitative estimate of drug-likeness (QED) is 0.603. The largest absolute Gasteiger partial charge is 0.289 e. The van der Waals surface area contributed by atoms with Crippen LogP contribution in [0.25, 0.3) is 10.8 Å². The second-order valence-corrected chi connectivity index (χ2v) is 4.91. The highest BCUT2D eigenvalue weighted by atomic mass is 16.3. The van der Waals surface area contributed by atoms with Crippen molar-refractivity contribution in [1.82, 2.24) is 0 Å². The molecular formula is C14H15O. The fourth-order valence-electron chi connectivity index (χ4n) is 1.93. The molecule has 0 aromatic heterocycles. The third-order valence-corrected chi connectivity index (χ3v) is 2.69. The number of rotatable bonds is 0. The summed E-state index contributed by atoms with van der Waals surface area (Å²) in [5.41, 5.74) is 1.31. The standard InChI is InChI=1S/C14H15O/c1-14(2,3)12-8-9-13(15)11-7-5-4-6-10(11)12/h4-9H,1-3H3. The highest BCUT2D eigenvalue weighted by Gasteiger charge is 2.17. The Morgan fingerprint density at radius 1 is 0.867 bits per heavy atom. The van der Waals surface area contributed by atoms with Gasteiger partial charge in [-0.15, -0.1) is 0 Å². The topological polar surface area (TPSA) is 19.9 Å². The average Bonchev–Trinajstić information content (AvgIpc) is 2.17. The van der Waals surface area contributed by atoms with Crippen molar-refractivity contribution in [1.29, 1.82) is 0 Å². The summed E-state index contributed by atoms with van der Waals surface area (Å²) in [5, 5.41) is 13.6. The van der Waals surface area contributed by atoms with E-state index in [1.54, 1.807) is 6.07 Å². The summed E-state index contributed by atoms with van der Waals surface area (Å²) < 4.78 is 0. The Morgan fingerprint density at radius 2 is 1.47 bits per heavy atom. The van der Waals surface area contributed by atoms with Crippen molar-refractivity contribution in [3.8, 4) is 5.75 Å². The zero-order valence-corrected chi connectivity index (χ0v) is 9.37. The Labute approximate surface area is 90.4 Å². The highest BCUT2D eigenvalue weighted by molar-refractivity contribution is 5.91. The minimum absolute atomic E-state index is 0.0767. The highest BCUT2D eigenvalue weighted by Crippen LogP contribution is 2.34. The van der Waals surface area contributed by atoms with Gasteiger partial charge in [0.2, 0.25) is 0 Å². The molecule has 15 heavy (non-hydrogen) atoms. The molecule has 0 spiro atoms. The van der Waals surface area contributed by atoms with Crippen LogP contribution in [0.3, 0.4) is 0 Å². The maximum Gasteiger partial charge on any atom is 0.186 e.